The first-order valence-electron chi connectivity index (χ1n) is 21.8. The number of aliphatic hydroxyl groups is 1. The van der Waals surface area contributed by atoms with Gasteiger partial charge in [-0.15, -0.1) is 0 Å². The molecular weight excluding hydrogens is 834 g/mol. The van der Waals surface area contributed by atoms with E-state index in [0.717, 1.165) is 30.5 Å². The molecule has 0 aromatic heterocycles. The highest BCUT2D eigenvalue weighted by Gasteiger charge is 2.64. The fraction of sp³-hybridized carbons (Fsp3) is 0.510. The molecule has 2 aliphatic rings. The van der Waals surface area contributed by atoms with Gasteiger partial charge in [0.25, 0.3) is 5.91 Å². The molecule has 1 saturated heterocycles. The molecule has 0 radical (unpaired) electrons. The number of nitrogens with one attached hydrogen (secondary N) is 4. The van der Waals surface area contributed by atoms with Gasteiger partial charge in [0.1, 0.15) is 36.6 Å². The molecule has 64 heavy (non-hydrogen) atoms. The molecule has 5 rings (SSSR count). The number of amides is 4. The second-order valence-corrected chi connectivity index (χ2v) is 19.6. The Bertz CT molecular complexity index is 2210. The summed E-state index contributed by atoms with van der Waals surface area (Å²) in [6.07, 6.45) is 1.40. The van der Waals surface area contributed by atoms with Crippen LogP contribution in [0.3, 0.4) is 0 Å². The summed E-state index contributed by atoms with van der Waals surface area (Å²) in [5.74, 6) is -0.910. The van der Waals surface area contributed by atoms with Crippen LogP contribution in [0, 0.1) is 38.9 Å². The van der Waals surface area contributed by atoms with Crippen molar-refractivity contribution in [1.82, 2.24) is 20.9 Å². The van der Waals surface area contributed by atoms with Gasteiger partial charge in [-0.25, -0.2) is 0 Å². The number of rotatable bonds is 18. The van der Waals surface area contributed by atoms with Crippen molar-refractivity contribution in [2.75, 3.05) is 31.6 Å². The third-order valence-electron chi connectivity index (χ3n) is 12.3. The Morgan fingerprint density at radius 1 is 0.922 bits per heavy atom. The molecule has 2 fully saturated rings. The van der Waals surface area contributed by atoms with Gasteiger partial charge in [0, 0.05) is 60.3 Å². The minimum Gasteiger partial charge on any atom is -0.489 e. The van der Waals surface area contributed by atoms with Crippen LogP contribution < -0.4 is 26.0 Å². The summed E-state index contributed by atoms with van der Waals surface area (Å²) < 4.78 is 12.0. The maximum atomic E-state index is 13.9. The number of likely N-dealkylation sites (tertiary alicyclic amines) is 1. The highest BCUT2D eigenvalue weighted by molar-refractivity contribution is 6.31. The molecule has 4 amide bonds. The van der Waals surface area contributed by atoms with Crippen molar-refractivity contribution < 1.29 is 33.8 Å². The smallest absolute Gasteiger partial charge is 0.251 e. The molecule has 1 aliphatic carbocycles. The number of β-amino-alcohol motifs (C(OH)–C–C–N with tert-alkyl or cyclic N) is 1. The number of aliphatic hydroxyl groups excluding tert-OH is 1. The van der Waals surface area contributed by atoms with E-state index in [1.54, 1.807) is 61.5 Å². The predicted octanol–water partition coefficient (Wildman–Crippen LogP) is 6.66. The number of unbranched alkanes of at least 4 members (excludes halogenated alkanes) is 2. The summed E-state index contributed by atoms with van der Waals surface area (Å²) in [5.41, 5.74) is 1.66. The molecule has 1 heterocycles. The normalized spacial score (nSPS) is 20.7. The lowest BCUT2D eigenvalue weighted by molar-refractivity contribution is -0.164. The number of nitriles is 2. The second-order valence-electron chi connectivity index (χ2n) is 19.1. The molecule has 1 aliphatic heterocycles. The van der Waals surface area contributed by atoms with Gasteiger partial charge in [0.15, 0.2) is 0 Å². The van der Waals surface area contributed by atoms with Gasteiger partial charge in [0.05, 0.1) is 34.4 Å². The van der Waals surface area contributed by atoms with E-state index >= 15 is 0 Å². The Morgan fingerprint density at radius 3 is 2.20 bits per heavy atom. The number of nitrogens with zero attached hydrogens (tertiary/aromatic N) is 3. The lowest BCUT2D eigenvalue weighted by atomic mass is 9.49. The lowest BCUT2D eigenvalue weighted by Gasteiger charge is -2.63. The summed E-state index contributed by atoms with van der Waals surface area (Å²) in [4.78, 5) is 55.1. The zero-order valence-corrected chi connectivity index (χ0v) is 38.8. The van der Waals surface area contributed by atoms with E-state index in [1.165, 1.54) is 4.90 Å². The summed E-state index contributed by atoms with van der Waals surface area (Å²) in [6, 6.07) is 20.9. The van der Waals surface area contributed by atoms with Gasteiger partial charge in [-0.1, -0.05) is 72.2 Å². The van der Waals surface area contributed by atoms with E-state index in [-0.39, 0.29) is 48.5 Å². The average Bonchev–Trinajstić information content (AvgIpc) is 3.65. The molecule has 342 valence electrons. The van der Waals surface area contributed by atoms with Crippen molar-refractivity contribution in [2.24, 2.45) is 16.2 Å². The zero-order valence-electron chi connectivity index (χ0n) is 38.1. The summed E-state index contributed by atoms with van der Waals surface area (Å²) in [7, 11) is 0. The molecular formula is C49H62ClN7O7. The zero-order chi connectivity index (χ0) is 47.0. The Morgan fingerprint density at radius 2 is 1.59 bits per heavy atom. The van der Waals surface area contributed by atoms with Gasteiger partial charge < -0.3 is 40.7 Å². The van der Waals surface area contributed by atoms with Gasteiger partial charge in [-0.3, -0.25) is 19.2 Å². The van der Waals surface area contributed by atoms with Crippen molar-refractivity contribution in [2.45, 2.75) is 117 Å². The number of ether oxygens (including phenoxy) is 2. The molecule has 0 spiro atoms. The number of benzene rings is 3. The number of anilines is 1. The van der Waals surface area contributed by atoms with Crippen LogP contribution in [0.2, 0.25) is 5.02 Å². The number of halogens is 1. The second kappa shape index (κ2) is 20.9. The molecule has 1 unspecified atom stereocenters. The average molecular weight is 897 g/mol. The van der Waals surface area contributed by atoms with Crippen LogP contribution in [0.4, 0.5) is 5.69 Å². The number of carbonyl (C=O) groups is 4. The van der Waals surface area contributed by atoms with E-state index in [4.69, 9.17) is 26.3 Å². The number of hydrogen-bond acceptors (Lipinski definition) is 10. The van der Waals surface area contributed by atoms with Crippen LogP contribution >= 0.6 is 11.6 Å². The first-order chi connectivity index (χ1) is 30.2. The highest BCUT2D eigenvalue weighted by Crippen LogP contribution is 2.55. The highest BCUT2D eigenvalue weighted by atomic mass is 35.5. The molecule has 3 aromatic carbocycles. The molecule has 1 saturated carbocycles. The first-order valence-corrected chi connectivity index (χ1v) is 22.2. The van der Waals surface area contributed by atoms with E-state index in [0.29, 0.717) is 40.6 Å². The Balaban J connectivity index is 1.000. The Kier molecular flexibility index (Phi) is 16.1. The molecule has 4 atom stereocenters. The van der Waals surface area contributed by atoms with E-state index < -0.39 is 47.4 Å². The largest absolute Gasteiger partial charge is 0.489 e. The van der Waals surface area contributed by atoms with Gasteiger partial charge >= 0.3 is 0 Å². The number of carbonyl (C=O) groups excluding carboxylic acids is 4. The standard InChI is InChI=1S/C49H62ClN7O7/c1-30(32-14-12-31(26-51)13-15-32)54-43(61)39-24-36(58)28-57(39)44(62)41(47(2,3)4)55-40(59)29-63-23-11-9-10-22-53-35-19-16-33(17-20-35)42(60)56-45-48(5,6)46(49(45,7)8)64-37-21-18-34(27-52)38(50)25-37/h12-21,25,30,36,39,41,45-46,53,58H,9-11,22-24,28-29H2,1-8H3,(H,54,61)(H,55,59)(H,56,60)/t30-,36+,39-,41?,45?,46?/m0/s1. The van der Waals surface area contributed by atoms with Crippen molar-refractivity contribution >= 4 is 40.9 Å². The number of hydrogen-bond donors (Lipinski definition) is 5. The summed E-state index contributed by atoms with van der Waals surface area (Å²) in [5, 5.41) is 41.5. The Hall–Kier alpha value is -5.67. The van der Waals surface area contributed by atoms with Gasteiger partial charge in [-0.05, 0) is 85.7 Å². The van der Waals surface area contributed by atoms with E-state index in [1.807, 2.05) is 32.9 Å². The van der Waals surface area contributed by atoms with E-state index in [2.05, 4.69) is 61.1 Å². The monoisotopic (exact) mass is 895 g/mol. The maximum Gasteiger partial charge on any atom is 0.251 e. The van der Waals surface area contributed by atoms with Crippen LogP contribution in [-0.2, 0) is 19.1 Å². The van der Waals surface area contributed by atoms with Gasteiger partial charge in [0.2, 0.25) is 17.7 Å². The topological polar surface area (TPSA) is 206 Å². The van der Waals surface area contributed by atoms with Crippen molar-refractivity contribution in [3.8, 4) is 17.9 Å². The fourth-order valence-electron chi connectivity index (χ4n) is 9.02. The molecule has 5 N–H and O–H groups in total. The SMILES string of the molecule is C[C@H](NC(=O)[C@@H]1C[C@@H](O)CN1C(=O)C(NC(=O)COCCCCCNc1ccc(C(=O)NC2C(C)(C)C(Oc3ccc(C#N)c(Cl)c3)C2(C)C)cc1)C(C)(C)C)c1ccc(C#N)cc1. The van der Waals surface area contributed by atoms with Crippen LogP contribution in [-0.4, -0.2) is 90.3 Å². The maximum absolute atomic E-state index is 13.9. The van der Waals surface area contributed by atoms with Crippen molar-refractivity contribution in [3.05, 3.63) is 94.0 Å². The van der Waals surface area contributed by atoms with Crippen LogP contribution in [0.5, 0.6) is 5.75 Å². The predicted molar refractivity (Wildman–Crippen MR) is 244 cm³/mol. The van der Waals surface area contributed by atoms with Crippen LogP contribution in [0.1, 0.15) is 114 Å². The molecule has 14 nitrogen and oxygen atoms in total. The Labute approximate surface area is 382 Å². The van der Waals surface area contributed by atoms with E-state index in [9.17, 15) is 29.5 Å². The van der Waals surface area contributed by atoms with Gasteiger partial charge in [-0.2, -0.15) is 10.5 Å². The fourth-order valence-corrected chi connectivity index (χ4v) is 9.23. The third kappa shape index (κ3) is 11.9. The summed E-state index contributed by atoms with van der Waals surface area (Å²) in [6.45, 7) is 16.3. The van der Waals surface area contributed by atoms with Crippen LogP contribution in [0.25, 0.3) is 0 Å². The van der Waals surface area contributed by atoms with Crippen molar-refractivity contribution in [1.29, 1.82) is 10.5 Å². The molecule has 0 bridgehead atoms. The molecule has 3 aromatic rings. The summed E-state index contributed by atoms with van der Waals surface area (Å²) >= 11 is 6.23. The van der Waals surface area contributed by atoms with Crippen LogP contribution in [0.15, 0.2) is 66.7 Å². The third-order valence-corrected chi connectivity index (χ3v) is 12.6. The minimum absolute atomic E-state index is 0.0334. The quantitative estimate of drug-likeness (QED) is 0.0859. The minimum atomic E-state index is -0.965. The lowest BCUT2D eigenvalue weighted by Crippen LogP contribution is -2.74. The first kappa shape index (κ1) is 49.3. The van der Waals surface area contributed by atoms with Crippen molar-refractivity contribution in [3.63, 3.8) is 0 Å². The molecule has 15 heteroatoms.